The van der Waals surface area contributed by atoms with Gasteiger partial charge < -0.3 is 24.8 Å². The summed E-state index contributed by atoms with van der Waals surface area (Å²) in [5.41, 5.74) is 3.71. The lowest BCUT2D eigenvalue weighted by Gasteiger charge is -2.34. The van der Waals surface area contributed by atoms with Gasteiger partial charge in [0.2, 0.25) is 0 Å². The van der Waals surface area contributed by atoms with Crippen LogP contribution in [0.5, 0.6) is 5.75 Å². The summed E-state index contributed by atoms with van der Waals surface area (Å²) in [6.45, 7) is 6.88. The Morgan fingerprint density at radius 2 is 2.00 bits per heavy atom. The number of guanidine groups is 1. The molecule has 0 saturated carbocycles. The topological polar surface area (TPSA) is 66.3 Å². The van der Waals surface area contributed by atoms with Gasteiger partial charge in [0.1, 0.15) is 5.75 Å². The molecule has 6 heteroatoms. The molecule has 2 aliphatic rings. The summed E-state index contributed by atoms with van der Waals surface area (Å²) < 4.78 is 11.1. The SMILES string of the molecule is CCNC(=NCc1c(O)ccc2c1CCCC2)N1CCC(OCCCOC)CC1. The molecule has 1 saturated heterocycles. The number of aryl methyl sites for hydroxylation is 1. The first-order valence-electron chi connectivity index (χ1n) is 11.2. The van der Waals surface area contributed by atoms with E-state index in [9.17, 15) is 5.11 Å². The second-order valence-electron chi connectivity index (χ2n) is 7.98. The minimum absolute atomic E-state index is 0.330. The van der Waals surface area contributed by atoms with Crippen molar-refractivity contribution in [2.24, 2.45) is 4.99 Å². The second kappa shape index (κ2) is 11.4. The van der Waals surface area contributed by atoms with Gasteiger partial charge in [0, 0.05) is 45.5 Å². The van der Waals surface area contributed by atoms with E-state index < -0.39 is 0 Å². The van der Waals surface area contributed by atoms with Crippen molar-refractivity contribution in [2.75, 3.05) is 40.0 Å². The van der Waals surface area contributed by atoms with Crippen molar-refractivity contribution in [3.63, 3.8) is 0 Å². The number of aromatic hydroxyl groups is 1. The van der Waals surface area contributed by atoms with Crippen LogP contribution >= 0.6 is 0 Å². The molecule has 0 unspecified atom stereocenters. The van der Waals surface area contributed by atoms with Crippen molar-refractivity contribution in [1.82, 2.24) is 10.2 Å². The van der Waals surface area contributed by atoms with Crippen molar-refractivity contribution < 1.29 is 14.6 Å². The molecule has 162 valence electrons. The average molecular weight is 404 g/mol. The number of aliphatic imine (C=N–C) groups is 1. The molecule has 0 atom stereocenters. The van der Waals surface area contributed by atoms with Crippen LogP contribution in [0.15, 0.2) is 17.1 Å². The lowest BCUT2D eigenvalue weighted by atomic mass is 9.88. The molecule has 0 radical (unpaired) electrons. The normalized spacial score (nSPS) is 18.0. The molecule has 1 heterocycles. The summed E-state index contributed by atoms with van der Waals surface area (Å²) in [4.78, 5) is 7.23. The van der Waals surface area contributed by atoms with Gasteiger partial charge in [0.15, 0.2) is 5.96 Å². The molecule has 0 aromatic heterocycles. The van der Waals surface area contributed by atoms with Crippen molar-refractivity contribution >= 4 is 5.96 Å². The second-order valence-corrected chi connectivity index (χ2v) is 7.98. The van der Waals surface area contributed by atoms with Crippen molar-refractivity contribution in [3.8, 4) is 5.75 Å². The Labute approximate surface area is 175 Å². The maximum Gasteiger partial charge on any atom is 0.194 e. The first-order valence-corrected chi connectivity index (χ1v) is 11.2. The molecular formula is C23H37N3O3. The van der Waals surface area contributed by atoms with Crippen molar-refractivity contribution in [2.45, 2.75) is 64.5 Å². The van der Waals surface area contributed by atoms with Gasteiger partial charge in [-0.05, 0) is 69.1 Å². The third-order valence-electron chi connectivity index (χ3n) is 5.94. The molecule has 1 fully saturated rings. The summed E-state index contributed by atoms with van der Waals surface area (Å²) in [5, 5.41) is 13.9. The first kappa shape index (κ1) is 21.9. The smallest absolute Gasteiger partial charge is 0.194 e. The molecule has 3 rings (SSSR count). The quantitative estimate of drug-likeness (QED) is 0.396. The van der Waals surface area contributed by atoms with Crippen LogP contribution in [-0.4, -0.2) is 62.0 Å². The highest BCUT2D eigenvalue weighted by Gasteiger charge is 2.22. The van der Waals surface area contributed by atoms with Crippen molar-refractivity contribution in [3.05, 3.63) is 28.8 Å². The van der Waals surface area contributed by atoms with E-state index >= 15 is 0 Å². The number of phenols is 1. The van der Waals surface area contributed by atoms with Crippen LogP contribution in [0, 0.1) is 0 Å². The zero-order chi connectivity index (χ0) is 20.5. The number of hydrogen-bond acceptors (Lipinski definition) is 4. The van der Waals surface area contributed by atoms with Gasteiger partial charge in [-0.3, -0.25) is 0 Å². The summed E-state index contributed by atoms with van der Waals surface area (Å²) in [5.74, 6) is 1.33. The highest BCUT2D eigenvalue weighted by Crippen LogP contribution is 2.31. The van der Waals surface area contributed by atoms with E-state index in [-0.39, 0.29) is 0 Å². The van der Waals surface area contributed by atoms with Crippen LogP contribution < -0.4 is 5.32 Å². The van der Waals surface area contributed by atoms with Crippen LogP contribution in [0.1, 0.15) is 55.7 Å². The van der Waals surface area contributed by atoms with Gasteiger partial charge in [0.25, 0.3) is 0 Å². The molecule has 0 spiro atoms. The number of ether oxygens (including phenoxy) is 2. The number of phenolic OH excluding ortho intramolecular Hbond substituents is 1. The Bertz CT molecular complexity index is 670. The molecule has 0 amide bonds. The first-order chi connectivity index (χ1) is 14.2. The predicted octanol–water partition coefficient (Wildman–Crippen LogP) is 3.25. The number of hydrogen-bond donors (Lipinski definition) is 2. The molecule has 0 bridgehead atoms. The lowest BCUT2D eigenvalue weighted by molar-refractivity contribution is 0.00990. The number of likely N-dealkylation sites (tertiary alicyclic amines) is 1. The molecule has 29 heavy (non-hydrogen) atoms. The molecule has 6 nitrogen and oxygen atoms in total. The van der Waals surface area contributed by atoms with E-state index in [1.54, 1.807) is 7.11 Å². The van der Waals surface area contributed by atoms with E-state index in [0.717, 1.165) is 76.5 Å². The monoisotopic (exact) mass is 403 g/mol. The summed E-state index contributed by atoms with van der Waals surface area (Å²) in [6, 6.07) is 3.92. The summed E-state index contributed by atoms with van der Waals surface area (Å²) in [6.07, 6.45) is 7.92. The third-order valence-corrected chi connectivity index (χ3v) is 5.94. The molecule has 1 aromatic rings. The fourth-order valence-electron chi connectivity index (χ4n) is 4.34. The van der Waals surface area contributed by atoms with Crippen molar-refractivity contribution in [1.29, 1.82) is 0 Å². The third kappa shape index (κ3) is 6.09. The number of nitrogens with one attached hydrogen (secondary N) is 1. The molecular weight excluding hydrogens is 366 g/mol. The number of fused-ring (bicyclic) bond motifs is 1. The Hall–Kier alpha value is -1.79. The highest BCUT2D eigenvalue weighted by atomic mass is 16.5. The van der Waals surface area contributed by atoms with Gasteiger partial charge in [-0.2, -0.15) is 0 Å². The van der Waals surface area contributed by atoms with E-state index in [0.29, 0.717) is 18.4 Å². The Balaban J connectivity index is 1.60. The number of piperidine rings is 1. The van der Waals surface area contributed by atoms with Gasteiger partial charge in [-0.1, -0.05) is 6.07 Å². The molecule has 1 aromatic carbocycles. The van der Waals surface area contributed by atoms with Crippen LogP contribution in [0.4, 0.5) is 0 Å². The van der Waals surface area contributed by atoms with Gasteiger partial charge in [-0.25, -0.2) is 4.99 Å². The highest BCUT2D eigenvalue weighted by molar-refractivity contribution is 5.80. The van der Waals surface area contributed by atoms with Crippen LogP contribution in [0.3, 0.4) is 0 Å². The summed E-state index contributed by atoms with van der Waals surface area (Å²) in [7, 11) is 1.73. The Kier molecular flexibility index (Phi) is 8.62. The fourth-order valence-corrected chi connectivity index (χ4v) is 4.34. The number of nitrogens with zero attached hydrogens (tertiary/aromatic N) is 2. The predicted molar refractivity (Wildman–Crippen MR) is 117 cm³/mol. The Morgan fingerprint density at radius 3 is 2.76 bits per heavy atom. The summed E-state index contributed by atoms with van der Waals surface area (Å²) >= 11 is 0. The number of methoxy groups -OCH3 is 1. The lowest BCUT2D eigenvalue weighted by Crippen LogP contribution is -2.47. The average Bonchev–Trinajstić information content (AvgIpc) is 2.76. The van der Waals surface area contributed by atoms with E-state index in [1.807, 2.05) is 6.07 Å². The van der Waals surface area contributed by atoms with E-state index in [1.165, 1.54) is 24.0 Å². The van der Waals surface area contributed by atoms with Gasteiger partial charge in [-0.15, -0.1) is 0 Å². The van der Waals surface area contributed by atoms with Crippen LogP contribution in [-0.2, 0) is 28.9 Å². The maximum atomic E-state index is 10.4. The zero-order valence-electron chi connectivity index (χ0n) is 18.1. The maximum absolute atomic E-state index is 10.4. The van der Waals surface area contributed by atoms with Crippen LogP contribution in [0.2, 0.25) is 0 Å². The molecule has 1 aliphatic carbocycles. The van der Waals surface area contributed by atoms with E-state index in [2.05, 4.69) is 23.2 Å². The van der Waals surface area contributed by atoms with Crippen LogP contribution in [0.25, 0.3) is 0 Å². The standard InChI is InChI=1S/C23H37N3O3/c1-3-24-23(26-13-11-19(12-14-26)29-16-6-15-28-2)25-17-21-20-8-5-4-7-18(20)9-10-22(21)27/h9-10,19,27H,3-8,11-17H2,1-2H3,(H,24,25). The minimum atomic E-state index is 0.330. The molecule has 1 aliphatic heterocycles. The van der Waals surface area contributed by atoms with Gasteiger partial charge >= 0.3 is 0 Å². The zero-order valence-corrected chi connectivity index (χ0v) is 18.1. The molecule has 2 N–H and O–H groups in total. The fraction of sp³-hybridized carbons (Fsp3) is 0.696. The minimum Gasteiger partial charge on any atom is -0.508 e. The number of rotatable bonds is 8. The van der Waals surface area contributed by atoms with E-state index in [4.69, 9.17) is 14.5 Å². The Morgan fingerprint density at radius 1 is 1.21 bits per heavy atom. The van der Waals surface area contributed by atoms with Gasteiger partial charge in [0.05, 0.1) is 12.6 Å². The number of benzene rings is 1. The largest absolute Gasteiger partial charge is 0.508 e.